The molecule has 0 radical (unpaired) electrons. The minimum Gasteiger partial charge on any atom is -0.456 e. The van der Waals surface area contributed by atoms with E-state index in [0.29, 0.717) is 6.07 Å². The maximum absolute atomic E-state index is 12.6. The second-order valence-electron chi connectivity index (χ2n) is 4.75. The molecule has 0 saturated heterocycles. The molecule has 1 N–H and O–H groups in total. The summed E-state index contributed by atoms with van der Waals surface area (Å²) in [4.78, 5) is 21.9. The first kappa shape index (κ1) is 22.7. The minimum absolute atomic E-state index is 0. The van der Waals surface area contributed by atoms with E-state index in [-0.39, 0.29) is 46.1 Å². The molecule has 0 fully saturated rings. The second-order valence-corrected chi connectivity index (χ2v) is 5.15. The Morgan fingerprint density at radius 3 is 2.44 bits per heavy atom. The van der Waals surface area contributed by atoms with Gasteiger partial charge in [-0.25, -0.2) is 0 Å². The van der Waals surface area contributed by atoms with Crippen molar-refractivity contribution in [2.45, 2.75) is 6.18 Å². The fourth-order valence-corrected chi connectivity index (χ4v) is 2.14. The number of nitro benzene ring substituents is 1. The molecular weight excluding hydrogens is 402 g/mol. The van der Waals surface area contributed by atoms with E-state index >= 15 is 0 Å². The van der Waals surface area contributed by atoms with Gasteiger partial charge in [-0.1, -0.05) is 11.6 Å². The number of rotatable bonds is 4. The summed E-state index contributed by atoms with van der Waals surface area (Å²) in [5.74, 6) is -1.29. The van der Waals surface area contributed by atoms with Crippen LogP contribution in [-0.4, -0.2) is 10.8 Å². The normalized spacial score (nSPS) is 10.3. The number of hydrogen-bond donors (Lipinski definition) is 1. The molecule has 134 valence electrons. The van der Waals surface area contributed by atoms with Gasteiger partial charge in [0.1, 0.15) is 17.1 Å². The molecule has 2 aromatic rings. The van der Waals surface area contributed by atoms with Crippen LogP contribution in [0.1, 0.15) is 15.9 Å². The zero-order valence-corrected chi connectivity index (χ0v) is 16.3. The van der Waals surface area contributed by atoms with Gasteiger partial charge in [-0.15, -0.1) is 0 Å². The van der Waals surface area contributed by atoms with Gasteiger partial charge in [0.15, 0.2) is 6.19 Å². The number of carbonyl (C=O) groups excluding carboxylic acids is 1. The van der Waals surface area contributed by atoms with Gasteiger partial charge >= 0.3 is 35.7 Å². The van der Waals surface area contributed by atoms with E-state index in [0.717, 1.165) is 30.3 Å². The van der Waals surface area contributed by atoms with Crippen molar-refractivity contribution in [3.05, 3.63) is 62.7 Å². The number of ether oxygens (including phenoxy) is 1. The number of nitrogens with zero attached hydrogens (tertiary/aromatic N) is 2. The summed E-state index contributed by atoms with van der Waals surface area (Å²) in [5, 5.41) is 20.8. The van der Waals surface area contributed by atoms with Gasteiger partial charge in [-0.2, -0.15) is 18.4 Å². The molecule has 0 aliphatic rings. The summed E-state index contributed by atoms with van der Waals surface area (Å²) in [5.41, 5.74) is -2.02. The standard InChI is InChI=1S/C15H7ClF3N3O4.Na/c16-11-5-8(15(17,18)19)1-4-13(11)26-9-2-3-12(22(24)25)10(6-9)14(23)21-7-20;/h1-6H,(H,21,23);/q;+1. The van der Waals surface area contributed by atoms with Crippen LogP contribution in [0, 0.1) is 21.6 Å². The SMILES string of the molecule is N#CNC(=O)c1cc(Oc2ccc(C(F)(F)F)cc2Cl)ccc1[N+](=O)[O-].[Na+]. The van der Waals surface area contributed by atoms with Crippen molar-refractivity contribution in [3.8, 4) is 17.7 Å². The van der Waals surface area contributed by atoms with Crippen LogP contribution in [-0.2, 0) is 6.18 Å². The summed E-state index contributed by atoms with van der Waals surface area (Å²) in [6.07, 6.45) is -3.25. The van der Waals surface area contributed by atoms with E-state index in [4.69, 9.17) is 21.6 Å². The van der Waals surface area contributed by atoms with Crippen LogP contribution in [0.4, 0.5) is 18.9 Å². The van der Waals surface area contributed by atoms with E-state index in [1.165, 1.54) is 6.19 Å². The molecule has 0 aliphatic heterocycles. The summed E-state index contributed by atoms with van der Waals surface area (Å²) in [6, 6.07) is 5.44. The number of carbonyl (C=O) groups is 1. The molecule has 0 unspecified atom stereocenters. The van der Waals surface area contributed by atoms with Crippen LogP contribution >= 0.6 is 11.6 Å². The zero-order chi connectivity index (χ0) is 19.5. The fraction of sp³-hybridized carbons (Fsp3) is 0.0667. The molecular formula is C15H7ClF3N3NaO4+. The van der Waals surface area contributed by atoms with Crippen molar-refractivity contribution >= 4 is 23.2 Å². The Hall–Kier alpha value is -2.32. The van der Waals surface area contributed by atoms with Crippen LogP contribution in [0.2, 0.25) is 5.02 Å². The van der Waals surface area contributed by atoms with Gasteiger partial charge in [0.25, 0.3) is 11.6 Å². The largest absolute Gasteiger partial charge is 1.00 e. The first-order valence-electron chi connectivity index (χ1n) is 6.66. The third-order valence-electron chi connectivity index (χ3n) is 3.07. The maximum Gasteiger partial charge on any atom is 1.00 e. The van der Waals surface area contributed by atoms with Crippen molar-refractivity contribution in [2.24, 2.45) is 0 Å². The number of nitrogens with one attached hydrogen (secondary N) is 1. The van der Waals surface area contributed by atoms with E-state index in [1.54, 1.807) is 5.32 Å². The molecule has 12 heteroatoms. The molecule has 0 spiro atoms. The Kier molecular flexibility index (Phi) is 7.62. The fourth-order valence-electron chi connectivity index (χ4n) is 1.92. The first-order chi connectivity index (χ1) is 12.1. The third kappa shape index (κ3) is 5.58. The molecule has 1 amide bonds. The number of benzene rings is 2. The van der Waals surface area contributed by atoms with Crippen LogP contribution in [0.5, 0.6) is 11.5 Å². The average Bonchev–Trinajstić information content (AvgIpc) is 2.55. The summed E-state index contributed by atoms with van der Waals surface area (Å²) >= 11 is 5.76. The monoisotopic (exact) mass is 408 g/mol. The molecule has 0 aromatic heterocycles. The maximum atomic E-state index is 12.6. The van der Waals surface area contributed by atoms with Crippen molar-refractivity contribution in [1.82, 2.24) is 5.32 Å². The molecule has 0 heterocycles. The Morgan fingerprint density at radius 1 is 1.26 bits per heavy atom. The third-order valence-corrected chi connectivity index (χ3v) is 3.36. The molecule has 27 heavy (non-hydrogen) atoms. The molecule has 7 nitrogen and oxygen atoms in total. The number of nitriles is 1. The average molecular weight is 409 g/mol. The second kappa shape index (κ2) is 9.05. The van der Waals surface area contributed by atoms with E-state index in [9.17, 15) is 28.1 Å². The number of hydrogen-bond acceptors (Lipinski definition) is 5. The quantitative estimate of drug-likeness (QED) is 0.270. The van der Waals surface area contributed by atoms with Crippen molar-refractivity contribution in [1.29, 1.82) is 5.26 Å². The van der Waals surface area contributed by atoms with Crippen LogP contribution in [0.15, 0.2) is 36.4 Å². The molecule has 2 aromatic carbocycles. The Bertz CT molecular complexity index is 931. The summed E-state index contributed by atoms with van der Waals surface area (Å²) in [6.45, 7) is 0. The van der Waals surface area contributed by atoms with Crippen LogP contribution < -0.4 is 39.6 Å². The smallest absolute Gasteiger partial charge is 0.456 e. The van der Waals surface area contributed by atoms with Crippen LogP contribution in [0.25, 0.3) is 0 Å². The van der Waals surface area contributed by atoms with Crippen molar-refractivity contribution < 1.29 is 57.2 Å². The van der Waals surface area contributed by atoms with Gasteiger partial charge in [0.2, 0.25) is 0 Å². The van der Waals surface area contributed by atoms with Gasteiger partial charge in [0.05, 0.1) is 15.5 Å². The predicted octanol–water partition coefficient (Wildman–Crippen LogP) is 1.27. The van der Waals surface area contributed by atoms with Gasteiger partial charge in [-0.05, 0) is 24.3 Å². The number of halogens is 4. The Morgan fingerprint density at radius 2 is 1.93 bits per heavy atom. The first-order valence-corrected chi connectivity index (χ1v) is 7.03. The Balaban J connectivity index is 0.00000364. The van der Waals surface area contributed by atoms with E-state index in [2.05, 4.69) is 0 Å². The molecule has 2 rings (SSSR count). The minimum atomic E-state index is -4.59. The molecule has 0 saturated carbocycles. The number of nitro groups is 1. The van der Waals surface area contributed by atoms with Gasteiger partial charge in [0, 0.05) is 12.1 Å². The van der Waals surface area contributed by atoms with Crippen molar-refractivity contribution in [2.75, 3.05) is 0 Å². The van der Waals surface area contributed by atoms with Crippen molar-refractivity contribution in [3.63, 3.8) is 0 Å². The predicted molar refractivity (Wildman–Crippen MR) is 82.7 cm³/mol. The Labute approximate surface area is 177 Å². The topological polar surface area (TPSA) is 105 Å². The van der Waals surface area contributed by atoms with Gasteiger partial charge < -0.3 is 4.74 Å². The molecule has 0 atom stereocenters. The summed E-state index contributed by atoms with van der Waals surface area (Å²) < 4.78 is 43.2. The number of amides is 1. The van der Waals surface area contributed by atoms with Gasteiger partial charge in [-0.3, -0.25) is 20.2 Å². The molecule has 0 aliphatic carbocycles. The number of alkyl halides is 3. The zero-order valence-electron chi connectivity index (χ0n) is 13.5. The summed E-state index contributed by atoms with van der Waals surface area (Å²) in [7, 11) is 0. The van der Waals surface area contributed by atoms with Crippen LogP contribution in [0.3, 0.4) is 0 Å². The molecule has 0 bridgehead atoms. The van der Waals surface area contributed by atoms with E-state index in [1.807, 2.05) is 0 Å². The van der Waals surface area contributed by atoms with E-state index < -0.39 is 33.8 Å².